The number of amides is 1. The maximum Gasteiger partial charge on any atom is 0.265 e. The van der Waals surface area contributed by atoms with Gasteiger partial charge in [-0.2, -0.15) is 0 Å². The molecular formula is C17H15F2NO3. The maximum absolute atomic E-state index is 13.5. The van der Waals surface area contributed by atoms with Crippen LogP contribution in [0.3, 0.4) is 0 Å². The van der Waals surface area contributed by atoms with E-state index < -0.39 is 23.6 Å². The summed E-state index contributed by atoms with van der Waals surface area (Å²) in [7, 11) is 0. The fourth-order valence-corrected chi connectivity index (χ4v) is 1.85. The molecular weight excluding hydrogens is 304 g/mol. The van der Waals surface area contributed by atoms with E-state index in [1.807, 2.05) is 0 Å². The topological polar surface area (TPSA) is 55.4 Å². The quantitative estimate of drug-likeness (QED) is 0.857. The number of hydrogen-bond donors (Lipinski definition) is 1. The lowest BCUT2D eigenvalue weighted by molar-refractivity contribution is -0.122. The van der Waals surface area contributed by atoms with Gasteiger partial charge in [0, 0.05) is 11.6 Å². The van der Waals surface area contributed by atoms with E-state index in [2.05, 4.69) is 5.32 Å². The highest BCUT2D eigenvalue weighted by atomic mass is 19.1. The zero-order valence-electron chi connectivity index (χ0n) is 12.6. The third-order valence-electron chi connectivity index (χ3n) is 3.13. The minimum atomic E-state index is -0.900. The van der Waals surface area contributed by atoms with Gasteiger partial charge in [-0.1, -0.05) is 0 Å². The molecule has 0 saturated carbocycles. The number of hydrogen-bond acceptors (Lipinski definition) is 3. The molecule has 1 amide bonds. The van der Waals surface area contributed by atoms with Crippen molar-refractivity contribution in [3.05, 3.63) is 59.7 Å². The second kappa shape index (κ2) is 7.00. The lowest BCUT2D eigenvalue weighted by atomic mass is 10.1. The van der Waals surface area contributed by atoms with Crippen molar-refractivity contribution in [2.45, 2.75) is 20.0 Å². The second-order valence-electron chi connectivity index (χ2n) is 4.95. The predicted molar refractivity (Wildman–Crippen MR) is 81.5 cm³/mol. The van der Waals surface area contributed by atoms with Gasteiger partial charge in [0.15, 0.2) is 11.9 Å². The van der Waals surface area contributed by atoms with E-state index in [0.29, 0.717) is 17.4 Å². The summed E-state index contributed by atoms with van der Waals surface area (Å²) in [5, 5.41) is 2.33. The molecule has 2 aromatic rings. The molecule has 2 aromatic carbocycles. The van der Waals surface area contributed by atoms with Crippen LogP contribution >= 0.6 is 0 Å². The van der Waals surface area contributed by atoms with Gasteiger partial charge in [0.25, 0.3) is 5.91 Å². The summed E-state index contributed by atoms with van der Waals surface area (Å²) in [5.41, 5.74) is 0.404. The molecule has 0 heterocycles. The molecule has 1 atom stereocenters. The van der Waals surface area contributed by atoms with Crippen molar-refractivity contribution in [3.63, 3.8) is 0 Å². The minimum absolute atomic E-state index is 0.0749. The zero-order chi connectivity index (χ0) is 17.0. The third kappa shape index (κ3) is 4.35. The molecule has 0 aliphatic carbocycles. The van der Waals surface area contributed by atoms with Crippen molar-refractivity contribution in [1.29, 1.82) is 0 Å². The molecule has 0 aromatic heterocycles. The smallest absolute Gasteiger partial charge is 0.265 e. The van der Waals surface area contributed by atoms with Crippen LogP contribution < -0.4 is 10.1 Å². The molecule has 0 radical (unpaired) electrons. The highest BCUT2D eigenvalue weighted by Crippen LogP contribution is 2.17. The van der Waals surface area contributed by atoms with E-state index in [9.17, 15) is 18.4 Å². The average molecular weight is 319 g/mol. The number of rotatable bonds is 5. The van der Waals surface area contributed by atoms with Gasteiger partial charge in [-0.3, -0.25) is 9.59 Å². The van der Waals surface area contributed by atoms with Gasteiger partial charge < -0.3 is 10.1 Å². The molecule has 6 heteroatoms. The van der Waals surface area contributed by atoms with Crippen molar-refractivity contribution in [1.82, 2.24) is 0 Å². The van der Waals surface area contributed by atoms with Crippen LogP contribution in [0, 0.1) is 11.6 Å². The third-order valence-corrected chi connectivity index (χ3v) is 3.13. The lowest BCUT2D eigenvalue weighted by Gasteiger charge is -2.15. The number of benzene rings is 2. The number of halogens is 2. The Morgan fingerprint density at radius 3 is 2.30 bits per heavy atom. The van der Waals surface area contributed by atoms with Crippen molar-refractivity contribution < 1.29 is 23.1 Å². The standard InChI is InChI=1S/C17H15F2NO3/c1-10(21)12-3-6-14(7-4-12)23-11(2)17(22)20-16-8-5-13(18)9-15(16)19/h3-9,11H,1-2H3,(H,20,22)/t11-/m1/s1. The van der Waals surface area contributed by atoms with Crippen molar-refractivity contribution in [2.24, 2.45) is 0 Å². The van der Waals surface area contributed by atoms with Crippen LogP contribution in [0.1, 0.15) is 24.2 Å². The monoisotopic (exact) mass is 319 g/mol. The van der Waals surface area contributed by atoms with E-state index in [0.717, 1.165) is 12.1 Å². The molecule has 1 N–H and O–H groups in total. The highest BCUT2D eigenvalue weighted by Gasteiger charge is 2.17. The molecule has 120 valence electrons. The number of nitrogens with one attached hydrogen (secondary N) is 1. The zero-order valence-corrected chi connectivity index (χ0v) is 12.6. The molecule has 0 unspecified atom stereocenters. The maximum atomic E-state index is 13.5. The summed E-state index contributed by atoms with van der Waals surface area (Å²) < 4.78 is 31.7. The molecule has 0 bridgehead atoms. The van der Waals surface area contributed by atoms with Crippen LogP contribution in [0.15, 0.2) is 42.5 Å². The Kier molecular flexibility index (Phi) is 5.05. The average Bonchev–Trinajstić information content (AvgIpc) is 2.50. The van der Waals surface area contributed by atoms with Crippen molar-refractivity contribution in [2.75, 3.05) is 5.32 Å². The van der Waals surface area contributed by atoms with Gasteiger partial charge in [0.2, 0.25) is 0 Å². The Morgan fingerprint density at radius 2 is 1.74 bits per heavy atom. The largest absolute Gasteiger partial charge is 0.481 e. The first kappa shape index (κ1) is 16.6. The molecule has 23 heavy (non-hydrogen) atoms. The first-order chi connectivity index (χ1) is 10.9. The van der Waals surface area contributed by atoms with E-state index >= 15 is 0 Å². The van der Waals surface area contributed by atoms with Gasteiger partial charge in [0.1, 0.15) is 17.4 Å². The van der Waals surface area contributed by atoms with Crippen LogP contribution in [0.25, 0.3) is 0 Å². The van der Waals surface area contributed by atoms with E-state index in [4.69, 9.17) is 4.74 Å². The summed E-state index contributed by atoms with van der Waals surface area (Å²) in [6.45, 7) is 2.94. The molecule has 0 saturated heterocycles. The number of anilines is 1. The predicted octanol–water partition coefficient (Wildman–Crippen LogP) is 3.57. The van der Waals surface area contributed by atoms with Gasteiger partial charge in [0.05, 0.1) is 5.69 Å². The van der Waals surface area contributed by atoms with Gasteiger partial charge in [-0.15, -0.1) is 0 Å². The Morgan fingerprint density at radius 1 is 1.09 bits per heavy atom. The summed E-state index contributed by atoms with van der Waals surface area (Å²) in [6, 6.07) is 9.17. The number of carbonyl (C=O) groups is 2. The summed E-state index contributed by atoms with van der Waals surface area (Å²) in [5.74, 6) is -1.84. The number of carbonyl (C=O) groups excluding carboxylic acids is 2. The first-order valence-corrected chi connectivity index (χ1v) is 6.90. The van der Waals surface area contributed by atoms with Crippen LogP contribution in [-0.4, -0.2) is 17.8 Å². The van der Waals surface area contributed by atoms with Crippen molar-refractivity contribution in [3.8, 4) is 5.75 Å². The summed E-state index contributed by atoms with van der Waals surface area (Å²) >= 11 is 0. The fraction of sp³-hybridized carbons (Fsp3) is 0.176. The molecule has 0 aliphatic rings. The molecule has 0 fully saturated rings. The normalized spacial score (nSPS) is 11.7. The first-order valence-electron chi connectivity index (χ1n) is 6.90. The summed E-state index contributed by atoms with van der Waals surface area (Å²) in [4.78, 5) is 23.2. The molecule has 4 nitrogen and oxygen atoms in total. The Labute approximate surface area is 132 Å². The highest BCUT2D eigenvalue weighted by molar-refractivity contribution is 5.95. The molecule has 2 rings (SSSR count). The minimum Gasteiger partial charge on any atom is -0.481 e. The number of Topliss-reactive ketones (excluding diaryl/α,β-unsaturated/α-hetero) is 1. The lowest BCUT2D eigenvalue weighted by Crippen LogP contribution is -2.30. The Bertz CT molecular complexity index is 729. The Balaban J connectivity index is 2.00. The SMILES string of the molecule is CC(=O)c1ccc(O[C@H](C)C(=O)Nc2ccc(F)cc2F)cc1. The second-order valence-corrected chi connectivity index (χ2v) is 4.95. The van der Waals surface area contributed by atoms with Crippen LogP contribution in [0.2, 0.25) is 0 Å². The number of ether oxygens (including phenoxy) is 1. The fourth-order valence-electron chi connectivity index (χ4n) is 1.85. The molecule has 0 spiro atoms. The van der Waals surface area contributed by atoms with Crippen LogP contribution in [0.5, 0.6) is 5.75 Å². The summed E-state index contributed by atoms with van der Waals surface area (Å²) in [6.07, 6.45) is -0.900. The van der Waals surface area contributed by atoms with Crippen molar-refractivity contribution >= 4 is 17.4 Å². The van der Waals surface area contributed by atoms with E-state index in [1.165, 1.54) is 13.8 Å². The van der Waals surface area contributed by atoms with Crippen LogP contribution in [0.4, 0.5) is 14.5 Å². The molecule has 0 aliphatic heterocycles. The Hall–Kier alpha value is -2.76. The number of ketones is 1. The van der Waals surface area contributed by atoms with Gasteiger partial charge >= 0.3 is 0 Å². The van der Waals surface area contributed by atoms with Gasteiger partial charge in [-0.05, 0) is 50.2 Å². The van der Waals surface area contributed by atoms with Gasteiger partial charge in [-0.25, -0.2) is 8.78 Å². The van der Waals surface area contributed by atoms with E-state index in [1.54, 1.807) is 24.3 Å². The van der Waals surface area contributed by atoms with Crippen LogP contribution in [-0.2, 0) is 4.79 Å². The van der Waals surface area contributed by atoms with E-state index in [-0.39, 0.29) is 11.5 Å².